The molecule has 46 heavy (non-hydrogen) atoms. The molecule has 4 nitrogen and oxygen atoms in total. The molecule has 2 aromatic carbocycles. The van der Waals surface area contributed by atoms with E-state index in [1.54, 1.807) is 0 Å². The number of anilines is 4. The Bertz CT molecular complexity index is 1060. The number of unbranched alkanes of at least 4 members (excludes halogenated alkanes) is 4. The molecule has 0 bridgehead atoms. The van der Waals surface area contributed by atoms with Gasteiger partial charge in [0.15, 0.2) is 0 Å². The van der Waals surface area contributed by atoms with Crippen LogP contribution in [0.3, 0.4) is 0 Å². The van der Waals surface area contributed by atoms with Crippen molar-refractivity contribution in [3.63, 3.8) is 0 Å². The largest absolute Gasteiger partial charge is 0.398 e. The Kier molecular flexibility index (Phi) is 15.1. The first-order valence-electron chi connectivity index (χ1n) is 19.2. The second kappa shape index (κ2) is 18.3. The van der Waals surface area contributed by atoms with E-state index in [1.165, 1.54) is 99.3 Å². The minimum Gasteiger partial charge on any atom is -0.398 e. The summed E-state index contributed by atoms with van der Waals surface area (Å²) in [4.78, 5) is 0. The smallest absolute Gasteiger partial charge is 0.0373 e. The van der Waals surface area contributed by atoms with Gasteiger partial charge in [0.25, 0.3) is 0 Å². The normalized spacial score (nSPS) is 25.0. The number of aryl methyl sites for hydroxylation is 2. The van der Waals surface area contributed by atoms with Crippen LogP contribution in [-0.2, 0) is 12.8 Å². The van der Waals surface area contributed by atoms with Gasteiger partial charge in [-0.05, 0) is 134 Å². The topological polar surface area (TPSA) is 104 Å². The molecule has 6 atom stereocenters. The van der Waals surface area contributed by atoms with Crippen molar-refractivity contribution in [2.45, 2.75) is 157 Å². The van der Waals surface area contributed by atoms with Crippen LogP contribution in [-0.4, -0.2) is 0 Å². The maximum atomic E-state index is 6.49. The summed E-state index contributed by atoms with van der Waals surface area (Å²) in [5.74, 6) is 5.41. The molecule has 8 N–H and O–H groups in total. The van der Waals surface area contributed by atoms with Crippen molar-refractivity contribution in [1.29, 1.82) is 0 Å². The number of nitrogen functional groups attached to an aromatic ring is 4. The second-order valence-corrected chi connectivity index (χ2v) is 16.2. The first-order chi connectivity index (χ1) is 21.9. The monoisotopic (exact) mass is 633 g/mol. The van der Waals surface area contributed by atoms with Gasteiger partial charge in [0, 0.05) is 33.9 Å². The fourth-order valence-electron chi connectivity index (χ4n) is 8.90. The summed E-state index contributed by atoms with van der Waals surface area (Å²) in [6, 6.07) is 8.77. The molecule has 260 valence electrons. The molecule has 0 radical (unpaired) electrons. The molecule has 2 aliphatic rings. The standard InChI is InChI=1S/2C21H36N2/c2*1-5-6-7-8-16-12-19(22)21(20(23)13-16)18-11-15(4)9-10-17(18)14(2)3/h2*12-15,17-18H,5-11,22-23H2,1-4H3/t15-,17+,18-;15-,17-,18+/m10/s1. The number of hydrogen-bond donors (Lipinski definition) is 4. The summed E-state index contributed by atoms with van der Waals surface area (Å²) in [5, 5.41) is 0. The zero-order valence-electron chi connectivity index (χ0n) is 31.1. The number of rotatable bonds is 12. The molecule has 2 aromatic rings. The molecule has 4 heteroatoms. The van der Waals surface area contributed by atoms with Crippen LogP contribution in [0, 0.1) is 35.5 Å². The molecule has 0 saturated heterocycles. The van der Waals surface area contributed by atoms with Gasteiger partial charge in [-0.1, -0.05) is 93.9 Å². The maximum absolute atomic E-state index is 6.49. The first kappa shape index (κ1) is 38.1. The summed E-state index contributed by atoms with van der Waals surface area (Å²) in [6.45, 7) is 18.6. The van der Waals surface area contributed by atoms with Gasteiger partial charge in [-0.25, -0.2) is 0 Å². The van der Waals surface area contributed by atoms with E-state index in [-0.39, 0.29) is 0 Å². The second-order valence-electron chi connectivity index (χ2n) is 16.2. The Balaban J connectivity index is 0.000000250. The van der Waals surface area contributed by atoms with Crippen LogP contribution in [0.25, 0.3) is 0 Å². The molecule has 0 heterocycles. The minimum absolute atomic E-state index is 0.531. The van der Waals surface area contributed by atoms with Gasteiger partial charge in [0.2, 0.25) is 0 Å². The van der Waals surface area contributed by atoms with Gasteiger partial charge in [-0.3, -0.25) is 0 Å². The first-order valence-corrected chi connectivity index (χ1v) is 19.2. The highest BCUT2D eigenvalue weighted by Crippen LogP contribution is 2.49. The van der Waals surface area contributed by atoms with Gasteiger partial charge in [-0.2, -0.15) is 0 Å². The van der Waals surface area contributed by atoms with Crippen LogP contribution in [0.2, 0.25) is 0 Å². The van der Waals surface area contributed by atoms with E-state index in [2.05, 4.69) is 79.7 Å². The maximum Gasteiger partial charge on any atom is 0.0373 e. The molecule has 2 aliphatic carbocycles. The third kappa shape index (κ3) is 10.3. The highest BCUT2D eigenvalue weighted by Gasteiger charge is 2.35. The molecule has 2 fully saturated rings. The molecule has 0 aromatic heterocycles. The average molecular weight is 633 g/mol. The van der Waals surface area contributed by atoms with Gasteiger partial charge < -0.3 is 22.9 Å². The third-order valence-electron chi connectivity index (χ3n) is 11.5. The predicted molar refractivity (Wildman–Crippen MR) is 205 cm³/mol. The molecular formula is C42H72N4. The summed E-state index contributed by atoms with van der Waals surface area (Å²) >= 11 is 0. The van der Waals surface area contributed by atoms with Gasteiger partial charge >= 0.3 is 0 Å². The van der Waals surface area contributed by atoms with E-state index in [9.17, 15) is 0 Å². The van der Waals surface area contributed by atoms with Crippen LogP contribution in [0.15, 0.2) is 24.3 Å². The Morgan fingerprint density at radius 1 is 0.543 bits per heavy atom. The van der Waals surface area contributed by atoms with Crippen LogP contribution in [0.4, 0.5) is 22.7 Å². The van der Waals surface area contributed by atoms with E-state index >= 15 is 0 Å². The third-order valence-corrected chi connectivity index (χ3v) is 11.5. The Morgan fingerprint density at radius 2 is 0.870 bits per heavy atom. The number of hydrogen-bond acceptors (Lipinski definition) is 4. The zero-order chi connectivity index (χ0) is 34.0. The lowest BCUT2D eigenvalue weighted by atomic mass is 9.67. The van der Waals surface area contributed by atoms with Crippen molar-refractivity contribution >= 4 is 22.7 Å². The van der Waals surface area contributed by atoms with E-state index < -0.39 is 0 Å². The minimum atomic E-state index is 0.531. The van der Waals surface area contributed by atoms with Gasteiger partial charge in [-0.15, -0.1) is 0 Å². The number of nitrogens with two attached hydrogens (primary N) is 4. The van der Waals surface area contributed by atoms with Crippen LogP contribution in [0.5, 0.6) is 0 Å². The lowest BCUT2D eigenvalue weighted by molar-refractivity contribution is 0.198. The average Bonchev–Trinajstić information content (AvgIpc) is 2.97. The molecule has 0 aliphatic heterocycles. The fourth-order valence-corrected chi connectivity index (χ4v) is 8.90. The summed E-state index contributed by atoms with van der Waals surface area (Å²) < 4.78 is 0. The molecule has 4 rings (SSSR count). The highest BCUT2D eigenvalue weighted by atomic mass is 14.7. The number of benzene rings is 2. The predicted octanol–water partition coefficient (Wildman–Crippen LogP) is 11.5. The van der Waals surface area contributed by atoms with Crippen molar-refractivity contribution in [2.24, 2.45) is 35.5 Å². The van der Waals surface area contributed by atoms with E-state index in [1.807, 2.05) is 0 Å². The van der Waals surface area contributed by atoms with Crippen LogP contribution < -0.4 is 22.9 Å². The van der Waals surface area contributed by atoms with Gasteiger partial charge in [0.05, 0.1) is 0 Å². The van der Waals surface area contributed by atoms with Crippen molar-refractivity contribution in [2.75, 3.05) is 22.9 Å². The fraction of sp³-hybridized carbons (Fsp3) is 0.714. The van der Waals surface area contributed by atoms with Crippen LogP contribution in [0.1, 0.15) is 167 Å². The Hall–Kier alpha value is -2.36. The lowest BCUT2D eigenvalue weighted by Crippen LogP contribution is -2.27. The molecule has 0 amide bonds. The SMILES string of the molecule is CCCCCc1cc(N)c([C@@H]2C[C@@H](C)CC[C@H]2C(C)C)c(N)c1.CCCCCc1cc(N)c([C@@H]2C[C@H](C)CC[C@H]2C(C)C)c(N)c1. The highest BCUT2D eigenvalue weighted by molar-refractivity contribution is 5.66. The molecular weight excluding hydrogens is 560 g/mol. The molecule has 2 saturated carbocycles. The van der Waals surface area contributed by atoms with Crippen molar-refractivity contribution < 1.29 is 0 Å². The molecule has 0 unspecified atom stereocenters. The zero-order valence-corrected chi connectivity index (χ0v) is 31.1. The van der Waals surface area contributed by atoms with Crippen molar-refractivity contribution in [3.8, 4) is 0 Å². The van der Waals surface area contributed by atoms with E-state index in [0.29, 0.717) is 35.5 Å². The van der Waals surface area contributed by atoms with E-state index in [4.69, 9.17) is 22.9 Å². The van der Waals surface area contributed by atoms with Crippen LogP contribution >= 0.6 is 0 Å². The summed E-state index contributed by atoms with van der Waals surface area (Å²) in [6.07, 6.45) is 17.4. The Morgan fingerprint density at radius 3 is 1.15 bits per heavy atom. The summed E-state index contributed by atoms with van der Waals surface area (Å²) in [5.41, 5.74) is 34.8. The van der Waals surface area contributed by atoms with E-state index in [0.717, 1.165) is 47.4 Å². The Labute approximate surface area is 284 Å². The lowest BCUT2D eigenvalue weighted by Gasteiger charge is -2.39. The molecule has 0 spiro atoms. The van der Waals surface area contributed by atoms with Crippen molar-refractivity contribution in [3.05, 3.63) is 46.5 Å². The summed E-state index contributed by atoms with van der Waals surface area (Å²) in [7, 11) is 0. The quantitative estimate of drug-likeness (QED) is 0.138. The van der Waals surface area contributed by atoms with Gasteiger partial charge in [0.1, 0.15) is 0 Å². The van der Waals surface area contributed by atoms with Crippen molar-refractivity contribution in [1.82, 2.24) is 0 Å².